The van der Waals surface area contributed by atoms with Gasteiger partial charge in [-0.2, -0.15) is 0 Å². The van der Waals surface area contributed by atoms with Gasteiger partial charge in [0.25, 0.3) is 11.8 Å². The van der Waals surface area contributed by atoms with E-state index in [9.17, 15) is 14.4 Å². The van der Waals surface area contributed by atoms with Crippen molar-refractivity contribution < 1.29 is 14.4 Å². The van der Waals surface area contributed by atoms with E-state index in [4.69, 9.17) is 4.98 Å². The molecular formula is C27H21N3O3S. The Hall–Kier alpha value is -4.10. The minimum Gasteiger partial charge on any atom is -0.326 e. The van der Waals surface area contributed by atoms with Crippen molar-refractivity contribution in [1.29, 1.82) is 0 Å². The number of rotatable bonds is 6. The summed E-state index contributed by atoms with van der Waals surface area (Å²) >= 11 is 1.65. The Labute approximate surface area is 200 Å². The van der Waals surface area contributed by atoms with Crippen LogP contribution in [0.4, 0.5) is 5.69 Å². The fourth-order valence-electron chi connectivity index (χ4n) is 3.96. The average molecular weight is 468 g/mol. The van der Waals surface area contributed by atoms with Crippen LogP contribution >= 0.6 is 11.3 Å². The van der Waals surface area contributed by atoms with Gasteiger partial charge in [0.05, 0.1) is 16.8 Å². The van der Waals surface area contributed by atoms with Gasteiger partial charge in [-0.05, 0) is 31.2 Å². The molecule has 1 N–H and O–H groups in total. The molecule has 0 saturated heterocycles. The maximum absolute atomic E-state index is 12.5. The molecule has 7 heteroatoms. The zero-order valence-electron chi connectivity index (χ0n) is 18.4. The molecule has 6 nitrogen and oxygen atoms in total. The molecule has 4 aromatic rings. The quantitative estimate of drug-likeness (QED) is 0.385. The van der Waals surface area contributed by atoms with Gasteiger partial charge < -0.3 is 5.32 Å². The van der Waals surface area contributed by atoms with Crippen LogP contribution in [-0.4, -0.2) is 34.2 Å². The third-order valence-electron chi connectivity index (χ3n) is 5.70. The van der Waals surface area contributed by atoms with Gasteiger partial charge in [0.1, 0.15) is 5.01 Å². The number of aryl methyl sites for hydroxylation is 1. The Bertz CT molecular complexity index is 1360. The lowest BCUT2D eigenvalue weighted by Crippen LogP contribution is -2.32. The van der Waals surface area contributed by atoms with Crippen LogP contribution in [0.3, 0.4) is 0 Å². The van der Waals surface area contributed by atoms with Crippen LogP contribution in [0.15, 0.2) is 78.9 Å². The number of carbonyl (C=O) groups excluding carboxylic acids is 3. The van der Waals surface area contributed by atoms with Crippen molar-refractivity contribution in [3.05, 3.63) is 94.9 Å². The summed E-state index contributed by atoms with van der Waals surface area (Å²) < 4.78 is 0. The monoisotopic (exact) mass is 467 g/mol. The highest BCUT2D eigenvalue weighted by molar-refractivity contribution is 7.15. The summed E-state index contributed by atoms with van der Waals surface area (Å²) in [7, 11) is 0. The second kappa shape index (κ2) is 9.03. The zero-order chi connectivity index (χ0) is 23.7. The Morgan fingerprint density at radius 1 is 0.853 bits per heavy atom. The molecule has 0 saturated carbocycles. The van der Waals surface area contributed by atoms with Crippen LogP contribution < -0.4 is 5.32 Å². The number of anilines is 1. The minimum atomic E-state index is -0.355. The number of benzene rings is 3. The fourth-order valence-corrected chi connectivity index (χ4v) is 4.90. The van der Waals surface area contributed by atoms with E-state index in [0.717, 1.165) is 31.6 Å². The third-order valence-corrected chi connectivity index (χ3v) is 6.72. The number of fused-ring (bicyclic) bond motifs is 1. The van der Waals surface area contributed by atoms with Crippen LogP contribution in [-0.2, 0) is 4.79 Å². The second-order valence-electron chi connectivity index (χ2n) is 7.97. The summed E-state index contributed by atoms with van der Waals surface area (Å²) in [6.07, 6.45) is 0.0266. The molecule has 0 bridgehead atoms. The number of hydrogen-bond donors (Lipinski definition) is 1. The Morgan fingerprint density at radius 2 is 1.47 bits per heavy atom. The van der Waals surface area contributed by atoms with Crippen molar-refractivity contribution >= 4 is 34.7 Å². The van der Waals surface area contributed by atoms with Crippen molar-refractivity contribution in [1.82, 2.24) is 9.88 Å². The minimum absolute atomic E-state index is 0.0266. The van der Waals surface area contributed by atoms with Gasteiger partial charge in [-0.15, -0.1) is 11.3 Å². The summed E-state index contributed by atoms with van der Waals surface area (Å²) in [6.45, 7) is 2.09. The van der Waals surface area contributed by atoms with Crippen molar-refractivity contribution in [2.45, 2.75) is 13.3 Å². The highest BCUT2D eigenvalue weighted by atomic mass is 32.1. The molecule has 168 valence electrons. The second-order valence-corrected chi connectivity index (χ2v) is 9.18. The van der Waals surface area contributed by atoms with Crippen molar-refractivity contribution in [3.8, 4) is 21.8 Å². The molecule has 0 unspecified atom stereocenters. The highest BCUT2D eigenvalue weighted by Gasteiger charge is 2.34. The molecule has 1 aliphatic heterocycles. The molecule has 5 rings (SSSR count). The van der Waals surface area contributed by atoms with Crippen LogP contribution in [0, 0.1) is 6.92 Å². The Balaban J connectivity index is 1.21. The SMILES string of the molecule is Cc1sc(-c2ccccc2)nc1-c1ccc(NC(=O)CCN2C(=O)c3ccccc3C2=O)cc1. The first kappa shape index (κ1) is 21.7. The molecule has 1 aliphatic rings. The van der Waals surface area contributed by atoms with E-state index < -0.39 is 0 Å². The maximum atomic E-state index is 12.5. The normalized spacial score (nSPS) is 12.7. The Kier molecular flexibility index (Phi) is 5.77. The molecule has 0 spiro atoms. The maximum Gasteiger partial charge on any atom is 0.261 e. The molecule has 0 radical (unpaired) electrons. The fraction of sp³-hybridized carbons (Fsp3) is 0.111. The van der Waals surface area contributed by atoms with Crippen LogP contribution in [0.25, 0.3) is 21.8 Å². The number of hydrogen-bond acceptors (Lipinski definition) is 5. The van der Waals surface area contributed by atoms with E-state index in [1.54, 1.807) is 35.6 Å². The van der Waals surface area contributed by atoms with Crippen molar-refractivity contribution in [2.24, 2.45) is 0 Å². The van der Waals surface area contributed by atoms with Crippen LogP contribution in [0.1, 0.15) is 32.0 Å². The van der Waals surface area contributed by atoms with Crippen LogP contribution in [0.2, 0.25) is 0 Å². The molecule has 0 atom stereocenters. The summed E-state index contributed by atoms with van der Waals surface area (Å²) in [4.78, 5) is 44.4. The largest absolute Gasteiger partial charge is 0.326 e. The lowest BCUT2D eigenvalue weighted by Gasteiger charge is -2.13. The third kappa shape index (κ3) is 4.13. The summed E-state index contributed by atoms with van der Waals surface area (Å²) in [6, 6.07) is 24.3. The number of aromatic nitrogens is 1. The van der Waals surface area contributed by atoms with Crippen LogP contribution in [0.5, 0.6) is 0 Å². The Morgan fingerprint density at radius 3 is 2.12 bits per heavy atom. The van der Waals surface area contributed by atoms with Crippen molar-refractivity contribution in [2.75, 3.05) is 11.9 Å². The lowest BCUT2D eigenvalue weighted by molar-refractivity contribution is -0.116. The van der Waals surface area contributed by atoms with Gasteiger partial charge in [-0.3, -0.25) is 19.3 Å². The predicted octanol–water partition coefficient (Wildman–Crippen LogP) is 5.41. The molecule has 1 aromatic heterocycles. The van der Waals surface area contributed by atoms with Gasteiger partial charge in [-0.25, -0.2) is 4.98 Å². The highest BCUT2D eigenvalue weighted by Crippen LogP contribution is 2.33. The van der Waals surface area contributed by atoms with E-state index in [2.05, 4.69) is 5.32 Å². The average Bonchev–Trinajstić information content (AvgIpc) is 3.36. The van der Waals surface area contributed by atoms with Gasteiger partial charge >= 0.3 is 0 Å². The number of nitrogens with one attached hydrogen (secondary N) is 1. The van der Waals surface area contributed by atoms with E-state index in [1.165, 1.54) is 0 Å². The lowest BCUT2D eigenvalue weighted by atomic mass is 10.1. The standard InChI is InChI=1S/C27H21N3O3S/c1-17-24(29-25(34-17)19-7-3-2-4-8-19)18-11-13-20(14-12-18)28-23(31)15-16-30-26(32)21-9-5-6-10-22(21)27(30)33/h2-14H,15-16H2,1H3,(H,28,31). The topological polar surface area (TPSA) is 79.4 Å². The smallest absolute Gasteiger partial charge is 0.261 e. The van der Waals surface area contributed by atoms with E-state index in [0.29, 0.717) is 16.8 Å². The summed E-state index contributed by atoms with van der Waals surface area (Å²) in [5.41, 5.74) is 4.40. The predicted molar refractivity (Wildman–Crippen MR) is 133 cm³/mol. The first-order valence-corrected chi connectivity index (χ1v) is 11.7. The molecule has 3 aromatic carbocycles. The number of nitrogens with zero attached hydrogens (tertiary/aromatic N) is 2. The van der Waals surface area contributed by atoms with E-state index in [1.807, 2.05) is 61.5 Å². The number of thiazole rings is 1. The number of amides is 3. The first-order valence-electron chi connectivity index (χ1n) is 10.9. The molecule has 0 fully saturated rings. The number of imide groups is 1. The summed E-state index contributed by atoms with van der Waals surface area (Å²) in [5, 5.41) is 3.81. The molecule has 3 amide bonds. The van der Waals surface area contributed by atoms with Gasteiger partial charge in [0, 0.05) is 34.7 Å². The van der Waals surface area contributed by atoms with E-state index >= 15 is 0 Å². The first-order chi connectivity index (χ1) is 16.5. The zero-order valence-corrected chi connectivity index (χ0v) is 19.3. The molecule has 0 aliphatic carbocycles. The summed E-state index contributed by atoms with van der Waals surface area (Å²) in [5.74, 6) is -0.974. The molecule has 2 heterocycles. The molecular weight excluding hydrogens is 446 g/mol. The molecule has 34 heavy (non-hydrogen) atoms. The number of carbonyl (C=O) groups is 3. The van der Waals surface area contributed by atoms with Gasteiger partial charge in [0.15, 0.2) is 0 Å². The van der Waals surface area contributed by atoms with Gasteiger partial charge in [0.2, 0.25) is 5.91 Å². The van der Waals surface area contributed by atoms with Crippen molar-refractivity contribution in [3.63, 3.8) is 0 Å². The van der Waals surface area contributed by atoms with E-state index in [-0.39, 0.29) is 30.7 Å². The van der Waals surface area contributed by atoms with Gasteiger partial charge in [-0.1, -0.05) is 54.6 Å².